The minimum atomic E-state index is -0.508. The summed E-state index contributed by atoms with van der Waals surface area (Å²) in [6, 6.07) is 8.94. The van der Waals surface area contributed by atoms with Crippen LogP contribution < -0.4 is 5.56 Å². The Balaban J connectivity index is 1.41. The van der Waals surface area contributed by atoms with Gasteiger partial charge in [-0.15, -0.1) is 0 Å². The molecule has 9 heteroatoms. The van der Waals surface area contributed by atoms with Crippen LogP contribution in [0, 0.1) is 17.7 Å². The maximum absolute atomic E-state index is 13.9. The topological polar surface area (TPSA) is 91.8 Å². The second-order valence-corrected chi connectivity index (χ2v) is 10.0. The van der Waals surface area contributed by atoms with Crippen LogP contribution in [-0.2, 0) is 17.9 Å². The van der Waals surface area contributed by atoms with Gasteiger partial charge in [-0.2, -0.15) is 0 Å². The highest BCUT2D eigenvalue weighted by Crippen LogP contribution is 2.50. The number of hydrogen-bond donors (Lipinski definition) is 1. The van der Waals surface area contributed by atoms with Gasteiger partial charge in [0, 0.05) is 55.9 Å². The zero-order chi connectivity index (χ0) is 24.8. The van der Waals surface area contributed by atoms with E-state index in [1.165, 1.54) is 18.5 Å². The first-order valence-electron chi connectivity index (χ1n) is 12.6. The standard InChI is InChI=1S/C27H29FN4O4/c28-18-6-4-5-17(11-18)20-7-8-23-24-21(13-31(23)26(20)34)22(14-33)25(27(35)30-9-2-1-3-10-30)32(24)12-19-15-36-16-29-19/h4-8,11,15-16,21-22,24-25,33H,1-3,9-10,12-14H2/t21-,22-,24+,25-/m0/s1. The maximum atomic E-state index is 13.9. The summed E-state index contributed by atoms with van der Waals surface area (Å²) in [6.07, 6.45) is 6.03. The van der Waals surface area contributed by atoms with Crippen LogP contribution in [0.25, 0.3) is 11.1 Å². The number of benzene rings is 1. The van der Waals surface area contributed by atoms with Gasteiger partial charge < -0.3 is 19.0 Å². The fraction of sp³-hybridized carbons (Fsp3) is 0.444. The van der Waals surface area contributed by atoms with Crippen molar-refractivity contribution in [3.05, 3.63) is 76.6 Å². The Bertz CT molecular complexity index is 1320. The molecule has 1 N–H and O–H groups in total. The predicted molar refractivity (Wildman–Crippen MR) is 129 cm³/mol. The molecule has 6 rings (SSSR count). The lowest BCUT2D eigenvalue weighted by atomic mass is 9.88. The van der Waals surface area contributed by atoms with Crippen LogP contribution in [0.1, 0.15) is 36.7 Å². The summed E-state index contributed by atoms with van der Waals surface area (Å²) >= 11 is 0. The maximum Gasteiger partial charge on any atom is 0.258 e. The van der Waals surface area contributed by atoms with Crippen LogP contribution in [0.5, 0.6) is 0 Å². The van der Waals surface area contributed by atoms with E-state index in [4.69, 9.17) is 4.42 Å². The summed E-state index contributed by atoms with van der Waals surface area (Å²) < 4.78 is 20.8. The minimum absolute atomic E-state index is 0.0388. The molecule has 8 nitrogen and oxygen atoms in total. The number of piperidine rings is 1. The number of hydrogen-bond acceptors (Lipinski definition) is 6. The summed E-state index contributed by atoms with van der Waals surface area (Å²) in [5, 5.41) is 10.5. The van der Waals surface area contributed by atoms with Gasteiger partial charge in [-0.1, -0.05) is 12.1 Å². The Hall–Kier alpha value is -3.30. The van der Waals surface area contributed by atoms with Gasteiger partial charge >= 0.3 is 0 Å². The molecular formula is C27H29FN4O4. The summed E-state index contributed by atoms with van der Waals surface area (Å²) in [7, 11) is 0. The van der Waals surface area contributed by atoms with Crippen molar-refractivity contribution in [1.29, 1.82) is 0 Å². The highest BCUT2D eigenvalue weighted by atomic mass is 19.1. The number of aliphatic hydroxyl groups is 1. The molecule has 2 fully saturated rings. The number of carbonyl (C=O) groups is 1. The molecule has 3 aromatic rings. The molecule has 36 heavy (non-hydrogen) atoms. The number of pyridine rings is 1. The Kier molecular flexibility index (Phi) is 5.97. The van der Waals surface area contributed by atoms with Crippen LogP contribution in [0.15, 0.2) is 58.3 Å². The number of halogens is 1. The first-order chi connectivity index (χ1) is 17.6. The van der Waals surface area contributed by atoms with Gasteiger partial charge in [-0.3, -0.25) is 14.5 Å². The molecule has 3 aliphatic heterocycles. The Labute approximate surface area is 208 Å². The number of aliphatic hydroxyl groups excluding tert-OH is 1. The van der Waals surface area contributed by atoms with Crippen molar-refractivity contribution in [3.63, 3.8) is 0 Å². The summed E-state index contributed by atoms with van der Waals surface area (Å²) in [4.78, 5) is 35.7. The molecule has 0 aliphatic carbocycles. The average molecular weight is 493 g/mol. The van der Waals surface area contributed by atoms with Crippen LogP contribution in [-0.4, -0.2) is 56.1 Å². The number of carbonyl (C=O) groups excluding carboxylic acids is 1. The summed E-state index contributed by atoms with van der Waals surface area (Å²) in [5.41, 5.74) is 2.28. The Morgan fingerprint density at radius 1 is 1.17 bits per heavy atom. The third kappa shape index (κ3) is 3.77. The monoisotopic (exact) mass is 492 g/mol. The molecule has 0 bridgehead atoms. The lowest BCUT2D eigenvalue weighted by molar-refractivity contribution is -0.139. The molecule has 5 heterocycles. The highest BCUT2D eigenvalue weighted by Gasteiger charge is 2.56. The third-order valence-electron chi connectivity index (χ3n) is 8.08. The molecule has 4 atom stereocenters. The molecule has 1 aromatic carbocycles. The van der Waals surface area contributed by atoms with Gasteiger partial charge in [0.05, 0.1) is 17.8 Å². The van der Waals surface area contributed by atoms with E-state index < -0.39 is 11.9 Å². The Morgan fingerprint density at radius 3 is 2.72 bits per heavy atom. The first-order valence-corrected chi connectivity index (χ1v) is 12.6. The van der Waals surface area contributed by atoms with Crippen molar-refractivity contribution < 1.29 is 18.7 Å². The van der Waals surface area contributed by atoms with Crippen molar-refractivity contribution in [1.82, 2.24) is 19.4 Å². The number of amides is 1. The van der Waals surface area contributed by atoms with Gasteiger partial charge in [0.2, 0.25) is 5.91 Å². The van der Waals surface area contributed by atoms with Crippen molar-refractivity contribution in [2.75, 3.05) is 19.7 Å². The molecule has 2 aromatic heterocycles. The highest BCUT2D eigenvalue weighted by molar-refractivity contribution is 5.83. The second-order valence-electron chi connectivity index (χ2n) is 10.0. The molecule has 3 aliphatic rings. The van der Waals surface area contributed by atoms with E-state index in [9.17, 15) is 19.1 Å². The van der Waals surface area contributed by atoms with Crippen LogP contribution in [0.4, 0.5) is 4.39 Å². The van der Waals surface area contributed by atoms with Crippen LogP contribution in [0.2, 0.25) is 0 Å². The fourth-order valence-electron chi connectivity index (χ4n) is 6.44. The molecule has 0 spiro atoms. The molecular weight excluding hydrogens is 463 g/mol. The summed E-state index contributed by atoms with van der Waals surface area (Å²) in [5.74, 6) is -0.797. The number of aromatic nitrogens is 2. The number of rotatable bonds is 5. The largest absolute Gasteiger partial charge is 0.451 e. The van der Waals surface area contributed by atoms with E-state index in [1.54, 1.807) is 29.0 Å². The van der Waals surface area contributed by atoms with E-state index in [0.29, 0.717) is 29.9 Å². The van der Waals surface area contributed by atoms with Gasteiger partial charge in [0.1, 0.15) is 12.1 Å². The number of fused-ring (bicyclic) bond motifs is 3. The third-order valence-corrected chi connectivity index (χ3v) is 8.08. The van der Waals surface area contributed by atoms with Gasteiger partial charge in [-0.25, -0.2) is 9.37 Å². The van der Waals surface area contributed by atoms with E-state index in [0.717, 1.165) is 38.0 Å². The molecule has 0 saturated carbocycles. The van der Waals surface area contributed by atoms with Gasteiger partial charge in [0.15, 0.2) is 6.39 Å². The zero-order valence-corrected chi connectivity index (χ0v) is 19.9. The van der Waals surface area contributed by atoms with Crippen molar-refractivity contribution >= 4 is 5.91 Å². The van der Waals surface area contributed by atoms with Crippen molar-refractivity contribution in [2.45, 2.75) is 44.4 Å². The SMILES string of the molecule is O=C([C@@H]1[C@@H](CO)[C@@H]2Cn3c(ccc(-c4cccc(F)c4)c3=O)[C@@H]2N1Cc1cocn1)N1CCCCC1. The second kappa shape index (κ2) is 9.29. The van der Waals surface area contributed by atoms with E-state index in [-0.39, 0.29) is 36.0 Å². The van der Waals surface area contributed by atoms with Crippen molar-refractivity contribution in [3.8, 4) is 11.1 Å². The number of nitrogens with zero attached hydrogens (tertiary/aromatic N) is 4. The molecule has 1 amide bonds. The Morgan fingerprint density at radius 2 is 2.00 bits per heavy atom. The normalized spacial score (nSPS) is 25.7. The molecule has 0 radical (unpaired) electrons. The van der Waals surface area contributed by atoms with Crippen LogP contribution >= 0.6 is 0 Å². The smallest absolute Gasteiger partial charge is 0.258 e. The fourth-order valence-corrected chi connectivity index (χ4v) is 6.44. The molecule has 188 valence electrons. The minimum Gasteiger partial charge on any atom is -0.451 e. The van der Waals surface area contributed by atoms with Gasteiger partial charge in [-0.05, 0) is 49.1 Å². The van der Waals surface area contributed by atoms with E-state index in [2.05, 4.69) is 9.88 Å². The zero-order valence-electron chi connectivity index (χ0n) is 19.9. The average Bonchev–Trinajstić information content (AvgIpc) is 3.61. The lowest BCUT2D eigenvalue weighted by Gasteiger charge is -2.35. The predicted octanol–water partition coefficient (Wildman–Crippen LogP) is 2.82. The molecule has 2 saturated heterocycles. The molecule has 0 unspecified atom stereocenters. The quantitative estimate of drug-likeness (QED) is 0.589. The lowest BCUT2D eigenvalue weighted by Crippen LogP contribution is -2.51. The number of likely N-dealkylation sites (tertiary alicyclic amines) is 2. The van der Waals surface area contributed by atoms with E-state index in [1.807, 2.05) is 11.0 Å². The number of oxazole rings is 1. The van der Waals surface area contributed by atoms with Crippen LogP contribution in [0.3, 0.4) is 0 Å². The van der Waals surface area contributed by atoms with Gasteiger partial charge in [0.25, 0.3) is 5.56 Å². The summed E-state index contributed by atoms with van der Waals surface area (Å²) in [6.45, 7) is 2.08. The first kappa shape index (κ1) is 23.1. The van der Waals surface area contributed by atoms with Crippen molar-refractivity contribution in [2.24, 2.45) is 11.8 Å². The van der Waals surface area contributed by atoms with E-state index >= 15 is 0 Å².